The third-order valence-electron chi connectivity index (χ3n) is 7.84. The molecule has 3 aliphatic heterocycles. The second-order valence-corrected chi connectivity index (χ2v) is 11.0. The molecule has 2 atom stereocenters. The summed E-state index contributed by atoms with van der Waals surface area (Å²) in [4.78, 5) is 17.9. The van der Waals surface area contributed by atoms with E-state index in [1.54, 1.807) is 24.4 Å². The lowest BCUT2D eigenvalue weighted by molar-refractivity contribution is 0.380. The van der Waals surface area contributed by atoms with Gasteiger partial charge in [-0.15, -0.1) is 0 Å². The van der Waals surface area contributed by atoms with E-state index in [-0.39, 0.29) is 23.0 Å². The Hall–Kier alpha value is -3.27. The monoisotopic (exact) mass is 550 g/mol. The molecule has 3 aliphatic rings. The van der Waals surface area contributed by atoms with Crippen molar-refractivity contribution in [3.8, 4) is 23.0 Å². The van der Waals surface area contributed by atoms with Gasteiger partial charge in [0.15, 0.2) is 5.82 Å². The smallest absolute Gasteiger partial charge is 0.318 e. The summed E-state index contributed by atoms with van der Waals surface area (Å²) in [6, 6.07) is 9.25. The predicted molar refractivity (Wildman–Crippen MR) is 152 cm³/mol. The minimum atomic E-state index is -0.612. The third-order valence-corrected chi connectivity index (χ3v) is 8.15. The van der Waals surface area contributed by atoms with Crippen molar-refractivity contribution in [2.75, 3.05) is 45.2 Å². The van der Waals surface area contributed by atoms with Crippen LogP contribution in [0.3, 0.4) is 0 Å². The molecule has 2 aromatic heterocycles. The first-order chi connectivity index (χ1) is 18.9. The largest absolute Gasteiger partial charge is 0.508 e. The van der Waals surface area contributed by atoms with Crippen molar-refractivity contribution in [3.05, 3.63) is 47.4 Å². The molecule has 7 rings (SSSR count). The Morgan fingerprint density at radius 2 is 1.85 bits per heavy atom. The van der Waals surface area contributed by atoms with Crippen LogP contribution in [0.15, 0.2) is 36.5 Å². The highest BCUT2D eigenvalue weighted by molar-refractivity contribution is 6.36. The van der Waals surface area contributed by atoms with Crippen molar-refractivity contribution in [1.82, 2.24) is 25.2 Å². The number of nitrogens with one attached hydrogen (secondary N) is 1. The first-order valence-electron chi connectivity index (χ1n) is 13.4. The lowest BCUT2D eigenvalue weighted by Gasteiger charge is -2.34. The van der Waals surface area contributed by atoms with Crippen LogP contribution in [0, 0.1) is 5.82 Å². The number of aromatic hydroxyl groups is 1. The first kappa shape index (κ1) is 26.0. The van der Waals surface area contributed by atoms with Crippen molar-refractivity contribution in [2.45, 2.75) is 37.8 Å². The average molecular weight is 551 g/mol. The van der Waals surface area contributed by atoms with Crippen LogP contribution < -0.4 is 15.0 Å². The van der Waals surface area contributed by atoms with Gasteiger partial charge in [0.1, 0.15) is 22.8 Å². The van der Waals surface area contributed by atoms with Gasteiger partial charge in [-0.3, -0.25) is 4.98 Å². The summed E-state index contributed by atoms with van der Waals surface area (Å²) in [7, 11) is 3.64. The van der Waals surface area contributed by atoms with Crippen molar-refractivity contribution < 1.29 is 14.2 Å². The number of ether oxygens (including phenoxy) is 1. The molecule has 2 unspecified atom stereocenters. The Morgan fingerprint density at radius 1 is 1.10 bits per heavy atom. The SMILES string of the molecule is CN1CCCC1.COc1nc(N2CC3CCC(C2)N3)c2cnc(-c3cc(O)cc4cccc(Cl)c34)c(F)c2n1. The Morgan fingerprint density at radius 3 is 2.51 bits per heavy atom. The Labute approximate surface area is 231 Å². The maximum atomic E-state index is 16.0. The molecule has 0 spiro atoms. The quantitative estimate of drug-likeness (QED) is 0.368. The van der Waals surface area contributed by atoms with Crippen LogP contribution in [0.1, 0.15) is 25.7 Å². The van der Waals surface area contributed by atoms with Crippen LogP contribution >= 0.6 is 11.6 Å². The Bertz CT molecular complexity index is 1520. The number of aromatic nitrogens is 3. The number of methoxy groups -OCH3 is 1. The summed E-state index contributed by atoms with van der Waals surface area (Å²) in [6.07, 6.45) is 6.65. The molecule has 2 aromatic carbocycles. The number of nitrogens with zero attached hydrogens (tertiary/aromatic N) is 5. The molecule has 4 aromatic rings. The third kappa shape index (κ3) is 5.06. The summed E-state index contributed by atoms with van der Waals surface area (Å²) >= 11 is 6.45. The summed E-state index contributed by atoms with van der Waals surface area (Å²) in [5.74, 6) is 0.00434. The van der Waals surface area contributed by atoms with Gasteiger partial charge in [-0.2, -0.15) is 9.97 Å². The zero-order valence-corrected chi connectivity index (χ0v) is 22.9. The summed E-state index contributed by atoms with van der Waals surface area (Å²) in [5, 5.41) is 16.1. The van der Waals surface area contributed by atoms with Gasteiger partial charge in [0.25, 0.3) is 0 Å². The maximum absolute atomic E-state index is 16.0. The highest BCUT2D eigenvalue weighted by atomic mass is 35.5. The molecule has 5 heterocycles. The molecule has 3 saturated heterocycles. The van der Waals surface area contributed by atoms with Gasteiger partial charge in [0, 0.05) is 47.3 Å². The molecule has 0 aliphatic carbocycles. The van der Waals surface area contributed by atoms with Crippen molar-refractivity contribution >= 4 is 39.1 Å². The van der Waals surface area contributed by atoms with E-state index < -0.39 is 5.82 Å². The number of phenolic OH excluding ortho intramolecular Hbond substituents is 1. The van der Waals surface area contributed by atoms with Gasteiger partial charge in [-0.1, -0.05) is 23.7 Å². The molecule has 8 nitrogen and oxygen atoms in total. The number of rotatable bonds is 3. The molecular weight excluding hydrogens is 519 g/mol. The lowest BCUT2D eigenvalue weighted by atomic mass is 10.00. The summed E-state index contributed by atoms with van der Waals surface area (Å²) in [5.41, 5.74) is 0.578. The highest BCUT2D eigenvalue weighted by Crippen LogP contribution is 2.39. The average Bonchev–Trinajstić information content (AvgIpc) is 3.55. The summed E-state index contributed by atoms with van der Waals surface area (Å²) < 4.78 is 21.3. The van der Waals surface area contributed by atoms with Crippen molar-refractivity contribution in [3.63, 3.8) is 0 Å². The van der Waals surface area contributed by atoms with E-state index in [4.69, 9.17) is 16.3 Å². The van der Waals surface area contributed by atoms with Crippen molar-refractivity contribution in [2.24, 2.45) is 0 Å². The number of hydrogen-bond acceptors (Lipinski definition) is 8. The minimum absolute atomic E-state index is 0.00156. The van der Waals surface area contributed by atoms with Gasteiger partial charge in [0.2, 0.25) is 0 Å². The van der Waals surface area contributed by atoms with Gasteiger partial charge in [0.05, 0.1) is 12.5 Å². The molecule has 0 radical (unpaired) electrons. The van der Waals surface area contributed by atoms with Crippen LogP contribution in [0.2, 0.25) is 5.02 Å². The molecule has 3 fully saturated rings. The van der Waals surface area contributed by atoms with Crippen LogP contribution in [0.5, 0.6) is 11.8 Å². The standard InChI is InChI=1S/C24H21ClFN5O2.C5H11N/c1-33-24-29-22-17(23(30-24)31-10-13-5-6-14(11-31)28-13)9-27-21(20(22)26)16-8-15(32)7-12-3-2-4-18(25)19(12)16;1-6-4-2-3-5-6/h2-4,7-9,13-14,28,32H,5-6,10-11H2,1H3;2-5H2,1H3. The van der Waals surface area contributed by atoms with E-state index in [9.17, 15) is 5.11 Å². The predicted octanol–water partition coefficient (Wildman–Crippen LogP) is 5.00. The van der Waals surface area contributed by atoms with E-state index in [1.807, 2.05) is 6.07 Å². The van der Waals surface area contributed by atoms with E-state index in [2.05, 4.69) is 37.1 Å². The number of phenols is 1. The Balaban J connectivity index is 0.000000410. The fourth-order valence-electron chi connectivity index (χ4n) is 5.94. The van der Waals surface area contributed by atoms with Crippen LogP contribution in [-0.4, -0.2) is 77.4 Å². The van der Waals surface area contributed by atoms with E-state index in [0.717, 1.165) is 25.9 Å². The van der Waals surface area contributed by atoms with Crippen LogP contribution in [0.25, 0.3) is 32.9 Å². The highest BCUT2D eigenvalue weighted by Gasteiger charge is 2.34. The van der Waals surface area contributed by atoms with E-state index in [1.165, 1.54) is 39.1 Å². The summed E-state index contributed by atoms with van der Waals surface area (Å²) in [6.45, 7) is 4.20. The van der Waals surface area contributed by atoms with Gasteiger partial charge >= 0.3 is 6.01 Å². The van der Waals surface area contributed by atoms with E-state index >= 15 is 4.39 Å². The number of benzene rings is 2. The number of likely N-dealkylation sites (tertiary alicyclic amines) is 1. The molecule has 0 amide bonds. The number of halogens is 2. The number of anilines is 1. The normalized spacial score (nSPS) is 20.9. The first-order valence-corrected chi connectivity index (χ1v) is 13.8. The fourth-order valence-corrected chi connectivity index (χ4v) is 6.22. The zero-order chi connectivity index (χ0) is 27.1. The topological polar surface area (TPSA) is 86.6 Å². The number of pyridine rings is 1. The number of piperazine rings is 1. The number of fused-ring (bicyclic) bond motifs is 4. The molecular formula is C29H32ClFN6O2. The maximum Gasteiger partial charge on any atom is 0.318 e. The molecule has 0 saturated carbocycles. The minimum Gasteiger partial charge on any atom is -0.508 e. The molecule has 10 heteroatoms. The van der Waals surface area contributed by atoms with Crippen molar-refractivity contribution in [1.29, 1.82) is 0 Å². The van der Waals surface area contributed by atoms with Crippen LogP contribution in [-0.2, 0) is 0 Å². The number of hydrogen-bond donors (Lipinski definition) is 2. The lowest BCUT2D eigenvalue weighted by Crippen LogP contribution is -2.51. The van der Waals surface area contributed by atoms with Gasteiger partial charge in [-0.05, 0) is 69.4 Å². The molecule has 39 heavy (non-hydrogen) atoms. The van der Waals surface area contributed by atoms with E-state index in [0.29, 0.717) is 44.6 Å². The Kier molecular flexibility index (Phi) is 7.14. The molecule has 204 valence electrons. The fraction of sp³-hybridized carbons (Fsp3) is 0.414. The van der Waals surface area contributed by atoms with Crippen LogP contribution in [0.4, 0.5) is 10.2 Å². The second-order valence-electron chi connectivity index (χ2n) is 10.6. The van der Waals surface area contributed by atoms with Gasteiger partial charge in [-0.25, -0.2) is 4.39 Å². The molecule has 2 bridgehead atoms. The van der Waals surface area contributed by atoms with Gasteiger partial charge < -0.3 is 25.0 Å². The second kappa shape index (κ2) is 10.7. The zero-order valence-electron chi connectivity index (χ0n) is 22.1. The molecule has 2 N–H and O–H groups in total.